The molecular weight excluding hydrogens is 372 g/mol. The summed E-state index contributed by atoms with van der Waals surface area (Å²) in [7, 11) is 0. The van der Waals surface area contributed by atoms with E-state index < -0.39 is 5.97 Å². The number of nitrogens with zero attached hydrogens (tertiary/aromatic N) is 3. The lowest BCUT2D eigenvalue weighted by atomic mass is 10.2. The zero-order valence-corrected chi connectivity index (χ0v) is 15.5. The average molecular weight is 388 g/mol. The van der Waals surface area contributed by atoms with E-state index in [9.17, 15) is 4.79 Å². The first-order chi connectivity index (χ1) is 13.7. The Hall–Kier alpha value is -3.71. The molecule has 0 radical (unpaired) electrons. The lowest BCUT2D eigenvalue weighted by Gasteiger charge is -2.00. The second kappa shape index (κ2) is 7.89. The number of carboxylic acid groups (broad SMARTS) is 1. The third kappa shape index (κ3) is 3.84. The lowest BCUT2D eigenvalue weighted by Crippen LogP contribution is -1.96. The van der Waals surface area contributed by atoms with Crippen LogP contribution in [-0.4, -0.2) is 27.1 Å². The van der Waals surface area contributed by atoms with E-state index >= 15 is 0 Å². The molecule has 0 bridgehead atoms. The smallest absolute Gasteiger partial charge is 0.335 e. The molecule has 2 N–H and O–H groups in total. The predicted molar refractivity (Wildman–Crippen MR) is 111 cm³/mol. The SMILES string of the molecule is O=C(O)c1ccc(N/N=C/c2cn(-c3ccccc3)nc2-c2cccs2)cc1. The summed E-state index contributed by atoms with van der Waals surface area (Å²) >= 11 is 1.62. The standard InChI is InChI=1S/C21H16N4O2S/c26-21(27)15-8-10-17(11-9-15)23-22-13-16-14-25(18-5-2-1-3-6-18)24-20(16)19-7-4-12-28-19/h1-14,23H,(H,26,27)/b22-13+. The molecular formula is C21H16N4O2S. The third-order valence-corrected chi connectivity index (χ3v) is 4.92. The van der Waals surface area contributed by atoms with Crippen LogP contribution in [0.1, 0.15) is 15.9 Å². The number of para-hydroxylation sites is 1. The van der Waals surface area contributed by atoms with Crippen molar-refractivity contribution in [1.82, 2.24) is 9.78 Å². The predicted octanol–water partition coefficient (Wildman–Crippen LogP) is 4.75. The molecule has 4 rings (SSSR count). The van der Waals surface area contributed by atoms with Gasteiger partial charge in [0.2, 0.25) is 0 Å². The van der Waals surface area contributed by atoms with E-state index in [1.165, 1.54) is 12.1 Å². The number of aromatic carboxylic acids is 1. The number of benzene rings is 2. The van der Waals surface area contributed by atoms with Crippen molar-refractivity contribution in [3.05, 3.63) is 89.4 Å². The molecule has 0 aliphatic rings. The number of nitrogens with one attached hydrogen (secondary N) is 1. The molecule has 0 amide bonds. The number of carboxylic acids is 1. The highest BCUT2D eigenvalue weighted by molar-refractivity contribution is 7.13. The summed E-state index contributed by atoms with van der Waals surface area (Å²) in [5.41, 5.74) is 6.56. The van der Waals surface area contributed by atoms with E-state index in [4.69, 9.17) is 10.2 Å². The fourth-order valence-corrected chi connectivity index (χ4v) is 3.39. The molecule has 6 nitrogen and oxygen atoms in total. The normalized spacial score (nSPS) is 11.0. The van der Waals surface area contributed by atoms with Gasteiger partial charge in [-0.3, -0.25) is 5.43 Å². The van der Waals surface area contributed by atoms with Crippen molar-refractivity contribution >= 4 is 29.2 Å². The zero-order chi connectivity index (χ0) is 19.3. The molecule has 0 spiro atoms. The minimum atomic E-state index is -0.955. The molecule has 7 heteroatoms. The molecule has 0 unspecified atom stereocenters. The van der Waals surface area contributed by atoms with E-state index in [-0.39, 0.29) is 5.56 Å². The van der Waals surface area contributed by atoms with Gasteiger partial charge in [0.05, 0.1) is 28.0 Å². The van der Waals surface area contributed by atoms with E-state index in [1.807, 2.05) is 58.7 Å². The quantitative estimate of drug-likeness (QED) is 0.369. The van der Waals surface area contributed by atoms with Crippen LogP contribution < -0.4 is 5.43 Å². The van der Waals surface area contributed by atoms with Crippen molar-refractivity contribution in [1.29, 1.82) is 0 Å². The first kappa shape index (κ1) is 17.7. The van der Waals surface area contributed by atoms with Crippen LogP contribution in [0, 0.1) is 0 Å². The summed E-state index contributed by atoms with van der Waals surface area (Å²) in [6.45, 7) is 0. The molecule has 28 heavy (non-hydrogen) atoms. The van der Waals surface area contributed by atoms with Crippen LogP contribution in [0.2, 0.25) is 0 Å². The van der Waals surface area contributed by atoms with Crippen molar-refractivity contribution in [2.24, 2.45) is 5.10 Å². The van der Waals surface area contributed by atoms with Crippen molar-refractivity contribution in [2.75, 3.05) is 5.43 Å². The van der Waals surface area contributed by atoms with Gasteiger partial charge in [0.15, 0.2) is 0 Å². The number of hydrogen-bond acceptors (Lipinski definition) is 5. The molecule has 0 fully saturated rings. The Bertz CT molecular complexity index is 1100. The van der Waals surface area contributed by atoms with Gasteiger partial charge >= 0.3 is 5.97 Å². The number of rotatable bonds is 6. The Morgan fingerprint density at radius 2 is 1.86 bits per heavy atom. The number of aromatic nitrogens is 2. The molecule has 0 aliphatic heterocycles. The van der Waals surface area contributed by atoms with Gasteiger partial charge in [-0.1, -0.05) is 24.3 Å². The number of thiophene rings is 1. The largest absolute Gasteiger partial charge is 0.478 e. The fourth-order valence-electron chi connectivity index (χ4n) is 2.66. The van der Waals surface area contributed by atoms with Crippen molar-refractivity contribution in [2.45, 2.75) is 0 Å². The zero-order valence-electron chi connectivity index (χ0n) is 14.7. The van der Waals surface area contributed by atoms with Gasteiger partial charge in [0.1, 0.15) is 5.69 Å². The van der Waals surface area contributed by atoms with Gasteiger partial charge in [-0.15, -0.1) is 11.3 Å². The van der Waals surface area contributed by atoms with Gasteiger partial charge in [-0.05, 0) is 47.8 Å². The minimum absolute atomic E-state index is 0.235. The fraction of sp³-hybridized carbons (Fsp3) is 0. The van der Waals surface area contributed by atoms with Gasteiger partial charge < -0.3 is 5.11 Å². The molecule has 0 aliphatic carbocycles. The van der Waals surface area contributed by atoms with Crippen LogP contribution in [-0.2, 0) is 0 Å². The average Bonchev–Trinajstić information content (AvgIpc) is 3.39. The van der Waals surface area contributed by atoms with Crippen LogP contribution in [0.15, 0.2) is 83.4 Å². The van der Waals surface area contributed by atoms with Crippen molar-refractivity contribution in [3.8, 4) is 16.3 Å². The van der Waals surface area contributed by atoms with Crippen LogP contribution in [0.3, 0.4) is 0 Å². The maximum absolute atomic E-state index is 10.9. The number of hydrazone groups is 1. The Kier molecular flexibility index (Phi) is 4.99. The lowest BCUT2D eigenvalue weighted by molar-refractivity contribution is 0.0697. The second-order valence-electron chi connectivity index (χ2n) is 5.94. The number of carbonyl (C=O) groups is 1. The van der Waals surface area contributed by atoms with Crippen molar-refractivity contribution < 1.29 is 9.90 Å². The maximum Gasteiger partial charge on any atom is 0.335 e. The van der Waals surface area contributed by atoms with Crippen LogP contribution in [0.25, 0.3) is 16.3 Å². The monoisotopic (exact) mass is 388 g/mol. The van der Waals surface area contributed by atoms with Gasteiger partial charge in [-0.2, -0.15) is 10.2 Å². The maximum atomic E-state index is 10.9. The van der Waals surface area contributed by atoms with Gasteiger partial charge in [0, 0.05) is 11.8 Å². The van der Waals surface area contributed by atoms with E-state index in [2.05, 4.69) is 10.5 Å². The van der Waals surface area contributed by atoms with Crippen LogP contribution in [0.5, 0.6) is 0 Å². The summed E-state index contributed by atoms with van der Waals surface area (Å²) in [5, 5.41) is 20.0. The first-order valence-electron chi connectivity index (χ1n) is 8.52. The first-order valence-corrected chi connectivity index (χ1v) is 9.40. The summed E-state index contributed by atoms with van der Waals surface area (Å²) in [6, 6.07) is 20.3. The highest BCUT2D eigenvalue weighted by Crippen LogP contribution is 2.27. The summed E-state index contributed by atoms with van der Waals surface area (Å²) in [5.74, 6) is -0.955. The van der Waals surface area contributed by atoms with Crippen LogP contribution in [0.4, 0.5) is 5.69 Å². The Labute approximate surface area is 165 Å². The van der Waals surface area contributed by atoms with Crippen molar-refractivity contribution in [3.63, 3.8) is 0 Å². The second-order valence-corrected chi connectivity index (χ2v) is 6.89. The Morgan fingerprint density at radius 1 is 1.07 bits per heavy atom. The molecule has 0 saturated heterocycles. The summed E-state index contributed by atoms with van der Waals surface area (Å²) < 4.78 is 1.83. The molecule has 2 aromatic heterocycles. The molecule has 2 heterocycles. The molecule has 0 atom stereocenters. The molecule has 138 valence electrons. The Morgan fingerprint density at radius 3 is 2.54 bits per heavy atom. The van der Waals surface area contributed by atoms with E-state index in [1.54, 1.807) is 29.7 Å². The number of hydrogen-bond donors (Lipinski definition) is 2. The summed E-state index contributed by atoms with van der Waals surface area (Å²) in [6.07, 6.45) is 3.65. The molecule has 0 saturated carbocycles. The Balaban J connectivity index is 1.60. The minimum Gasteiger partial charge on any atom is -0.478 e. The summed E-state index contributed by atoms with van der Waals surface area (Å²) in [4.78, 5) is 12.0. The number of anilines is 1. The molecule has 4 aromatic rings. The van der Waals surface area contributed by atoms with Gasteiger partial charge in [-0.25, -0.2) is 9.48 Å². The third-order valence-electron chi connectivity index (χ3n) is 4.05. The van der Waals surface area contributed by atoms with E-state index in [0.717, 1.165) is 21.8 Å². The highest BCUT2D eigenvalue weighted by Gasteiger charge is 2.11. The topological polar surface area (TPSA) is 79.5 Å². The van der Waals surface area contributed by atoms with Gasteiger partial charge in [0.25, 0.3) is 0 Å². The van der Waals surface area contributed by atoms with E-state index in [0.29, 0.717) is 5.69 Å². The highest BCUT2D eigenvalue weighted by atomic mass is 32.1. The molecule has 2 aromatic carbocycles. The van der Waals surface area contributed by atoms with Crippen LogP contribution >= 0.6 is 11.3 Å².